The Bertz CT molecular complexity index is 783. The van der Waals surface area contributed by atoms with Gasteiger partial charge in [0.15, 0.2) is 11.5 Å². The van der Waals surface area contributed by atoms with Gasteiger partial charge in [-0.25, -0.2) is 4.39 Å². The van der Waals surface area contributed by atoms with E-state index in [0.717, 1.165) is 5.56 Å². The Balaban J connectivity index is 1.64. The average molecular weight is 351 g/mol. The Morgan fingerprint density at radius 1 is 1.17 bits per heavy atom. The van der Waals surface area contributed by atoms with E-state index in [9.17, 15) is 9.18 Å². The van der Waals surface area contributed by atoms with Crippen molar-refractivity contribution in [3.8, 4) is 11.5 Å². The van der Waals surface area contributed by atoms with E-state index in [0.29, 0.717) is 35.4 Å². The van der Waals surface area contributed by atoms with Gasteiger partial charge in [-0.3, -0.25) is 4.79 Å². The molecule has 0 aliphatic carbocycles. The van der Waals surface area contributed by atoms with Crippen LogP contribution < -0.4 is 20.1 Å². The van der Waals surface area contributed by atoms with Crippen LogP contribution in [0.25, 0.3) is 0 Å². The van der Waals surface area contributed by atoms with E-state index in [4.69, 9.17) is 21.1 Å². The molecule has 24 heavy (non-hydrogen) atoms. The lowest BCUT2D eigenvalue weighted by Crippen LogP contribution is -2.22. The maximum atomic E-state index is 13.7. The molecule has 2 aromatic rings. The molecule has 0 radical (unpaired) electrons. The predicted molar refractivity (Wildman–Crippen MR) is 90.7 cm³/mol. The van der Waals surface area contributed by atoms with Gasteiger partial charge >= 0.3 is 0 Å². The summed E-state index contributed by atoms with van der Waals surface area (Å²) in [6.45, 7) is 2.60. The summed E-state index contributed by atoms with van der Waals surface area (Å²) in [7, 11) is 0. The minimum atomic E-state index is -0.403. The van der Waals surface area contributed by atoms with Crippen LogP contribution in [-0.4, -0.2) is 25.7 Å². The van der Waals surface area contributed by atoms with Crippen molar-refractivity contribution in [2.75, 3.05) is 30.4 Å². The predicted octanol–water partition coefficient (Wildman–Crippen LogP) is 3.61. The van der Waals surface area contributed by atoms with E-state index in [1.54, 1.807) is 31.2 Å². The Kier molecular flexibility index (Phi) is 4.76. The fourth-order valence-electron chi connectivity index (χ4n) is 2.29. The van der Waals surface area contributed by atoms with Crippen LogP contribution in [0.15, 0.2) is 30.3 Å². The van der Waals surface area contributed by atoms with Gasteiger partial charge in [-0.1, -0.05) is 17.7 Å². The smallest absolute Gasteiger partial charge is 0.243 e. The van der Waals surface area contributed by atoms with Crippen molar-refractivity contribution in [2.45, 2.75) is 6.92 Å². The van der Waals surface area contributed by atoms with Crippen molar-refractivity contribution in [3.05, 3.63) is 46.7 Å². The van der Waals surface area contributed by atoms with Gasteiger partial charge in [0.25, 0.3) is 0 Å². The van der Waals surface area contributed by atoms with Crippen LogP contribution in [-0.2, 0) is 4.79 Å². The van der Waals surface area contributed by atoms with Crippen LogP contribution in [0.2, 0.25) is 5.02 Å². The van der Waals surface area contributed by atoms with Crippen molar-refractivity contribution < 1.29 is 18.7 Å². The largest absolute Gasteiger partial charge is 0.486 e. The summed E-state index contributed by atoms with van der Waals surface area (Å²) >= 11 is 6.13. The van der Waals surface area contributed by atoms with E-state index in [1.165, 1.54) is 6.07 Å². The number of fused-ring (bicyclic) bond motifs is 1. The number of rotatable bonds is 4. The third-order valence-electron chi connectivity index (χ3n) is 3.47. The van der Waals surface area contributed by atoms with Gasteiger partial charge in [-0.2, -0.15) is 0 Å². The minimum absolute atomic E-state index is 0.0925. The molecule has 0 spiro atoms. The molecule has 0 aromatic heterocycles. The number of benzene rings is 2. The molecule has 0 fully saturated rings. The summed E-state index contributed by atoms with van der Waals surface area (Å²) in [4.78, 5) is 12.1. The summed E-state index contributed by atoms with van der Waals surface area (Å²) in [6, 6.07) is 7.97. The van der Waals surface area contributed by atoms with Gasteiger partial charge in [-0.15, -0.1) is 0 Å². The monoisotopic (exact) mass is 350 g/mol. The molecule has 126 valence electrons. The molecular weight excluding hydrogens is 335 g/mol. The number of amides is 1. The lowest BCUT2D eigenvalue weighted by molar-refractivity contribution is -0.114. The van der Waals surface area contributed by atoms with Crippen molar-refractivity contribution in [1.82, 2.24) is 0 Å². The number of carbonyl (C=O) groups excluding carboxylic acids is 1. The summed E-state index contributed by atoms with van der Waals surface area (Å²) in [5, 5.41) is 5.77. The van der Waals surface area contributed by atoms with Crippen molar-refractivity contribution in [3.63, 3.8) is 0 Å². The van der Waals surface area contributed by atoms with Crippen molar-refractivity contribution >= 4 is 28.9 Å². The highest BCUT2D eigenvalue weighted by Gasteiger charge is 2.16. The third-order valence-corrected chi connectivity index (χ3v) is 3.78. The average Bonchev–Trinajstić information content (AvgIpc) is 2.55. The zero-order valence-corrected chi connectivity index (χ0v) is 13.7. The number of ether oxygens (including phenoxy) is 2. The molecule has 1 amide bonds. The van der Waals surface area contributed by atoms with Crippen molar-refractivity contribution in [1.29, 1.82) is 0 Å². The van der Waals surface area contributed by atoms with E-state index < -0.39 is 5.82 Å². The molecule has 0 saturated heterocycles. The van der Waals surface area contributed by atoms with Crippen LogP contribution in [0.1, 0.15) is 5.56 Å². The second-order valence-electron chi connectivity index (χ2n) is 5.36. The molecule has 3 rings (SSSR count). The summed E-state index contributed by atoms with van der Waals surface area (Å²) in [5.41, 5.74) is 1.49. The highest BCUT2D eigenvalue weighted by molar-refractivity contribution is 6.34. The fourth-order valence-corrected chi connectivity index (χ4v) is 2.49. The number of halogens is 2. The van der Waals surface area contributed by atoms with Gasteiger partial charge < -0.3 is 20.1 Å². The maximum absolute atomic E-state index is 13.7. The summed E-state index contributed by atoms with van der Waals surface area (Å²) < 4.78 is 24.6. The first kappa shape index (κ1) is 16.4. The minimum Gasteiger partial charge on any atom is -0.486 e. The van der Waals surface area contributed by atoms with Gasteiger partial charge in [-0.05, 0) is 24.6 Å². The number of anilines is 2. The Morgan fingerprint density at radius 2 is 1.88 bits per heavy atom. The fraction of sp³-hybridized carbons (Fsp3) is 0.235. The molecule has 0 atom stereocenters. The lowest BCUT2D eigenvalue weighted by atomic mass is 10.2. The molecule has 2 aromatic carbocycles. The van der Waals surface area contributed by atoms with E-state index in [2.05, 4.69) is 10.6 Å². The van der Waals surface area contributed by atoms with E-state index >= 15 is 0 Å². The second-order valence-corrected chi connectivity index (χ2v) is 5.77. The number of aryl methyl sites for hydroxylation is 1. The Hall–Kier alpha value is -2.47. The van der Waals surface area contributed by atoms with E-state index in [1.807, 2.05) is 0 Å². The standard InChI is InChI=1S/C17H16ClFN2O3/c1-10-2-3-13(12(19)6-10)20-9-17(22)21-14-8-16-15(7-11(14)18)23-4-5-24-16/h2-3,6-8,20H,4-5,9H2,1H3,(H,21,22). The topological polar surface area (TPSA) is 59.6 Å². The van der Waals surface area contributed by atoms with Gasteiger partial charge in [0.05, 0.1) is 22.9 Å². The summed E-state index contributed by atoms with van der Waals surface area (Å²) in [6.07, 6.45) is 0. The Morgan fingerprint density at radius 3 is 2.58 bits per heavy atom. The SMILES string of the molecule is Cc1ccc(NCC(=O)Nc2cc3c(cc2Cl)OCCO3)c(F)c1. The first-order chi connectivity index (χ1) is 11.5. The third kappa shape index (κ3) is 3.71. The van der Waals surface area contributed by atoms with E-state index in [-0.39, 0.29) is 18.1 Å². The van der Waals surface area contributed by atoms with Gasteiger partial charge in [0.1, 0.15) is 19.0 Å². The molecule has 0 saturated carbocycles. The highest BCUT2D eigenvalue weighted by Crippen LogP contribution is 2.37. The molecule has 7 heteroatoms. The molecule has 5 nitrogen and oxygen atoms in total. The molecule has 1 heterocycles. The molecule has 2 N–H and O–H groups in total. The zero-order chi connectivity index (χ0) is 17.1. The molecule has 1 aliphatic rings. The first-order valence-electron chi connectivity index (χ1n) is 7.42. The number of hydrogen-bond donors (Lipinski definition) is 2. The van der Waals surface area contributed by atoms with Crippen LogP contribution in [0.3, 0.4) is 0 Å². The molecule has 0 bridgehead atoms. The normalized spacial score (nSPS) is 12.6. The van der Waals surface area contributed by atoms with Crippen LogP contribution in [0.4, 0.5) is 15.8 Å². The lowest BCUT2D eigenvalue weighted by Gasteiger charge is -2.20. The second kappa shape index (κ2) is 6.97. The van der Waals surface area contributed by atoms with Gasteiger partial charge in [0.2, 0.25) is 5.91 Å². The quantitative estimate of drug-likeness (QED) is 0.884. The zero-order valence-electron chi connectivity index (χ0n) is 13.0. The summed E-state index contributed by atoms with van der Waals surface area (Å²) in [5.74, 6) is 0.316. The molecule has 1 aliphatic heterocycles. The molecule has 0 unspecified atom stereocenters. The van der Waals surface area contributed by atoms with Crippen LogP contribution >= 0.6 is 11.6 Å². The van der Waals surface area contributed by atoms with Crippen LogP contribution in [0.5, 0.6) is 11.5 Å². The number of carbonyl (C=O) groups is 1. The molecular formula is C17H16ClFN2O3. The number of hydrogen-bond acceptors (Lipinski definition) is 4. The number of nitrogens with one attached hydrogen (secondary N) is 2. The highest BCUT2D eigenvalue weighted by atomic mass is 35.5. The maximum Gasteiger partial charge on any atom is 0.243 e. The van der Waals surface area contributed by atoms with Crippen molar-refractivity contribution in [2.24, 2.45) is 0 Å². The van der Waals surface area contributed by atoms with Gasteiger partial charge in [0, 0.05) is 12.1 Å². The first-order valence-corrected chi connectivity index (χ1v) is 7.80. The Labute approximate surface area is 143 Å². The van der Waals surface area contributed by atoms with Crippen LogP contribution in [0, 0.1) is 12.7 Å².